The number of allylic oxidation sites excluding steroid dienone is 5. The van der Waals surface area contributed by atoms with Gasteiger partial charge in [0.15, 0.2) is 0 Å². The van der Waals surface area contributed by atoms with Crippen LogP contribution in [0.4, 0.5) is 0 Å². The van der Waals surface area contributed by atoms with Gasteiger partial charge in [0.25, 0.3) is 0 Å². The molecule has 4 nitrogen and oxygen atoms in total. The first-order chi connectivity index (χ1) is 16.0. The average molecular weight is 433 g/mol. The van der Waals surface area contributed by atoms with Crippen molar-refractivity contribution in [3.63, 3.8) is 0 Å². The van der Waals surface area contributed by atoms with E-state index in [0.29, 0.717) is 0 Å². The van der Waals surface area contributed by atoms with Crippen LogP contribution in [0.3, 0.4) is 0 Å². The molecule has 2 aromatic carbocycles. The number of imidazole rings is 2. The molecule has 2 aliphatic carbocycles. The highest BCUT2D eigenvalue weighted by atomic mass is 14.9. The third-order valence-corrected chi connectivity index (χ3v) is 6.94. The van der Waals surface area contributed by atoms with Gasteiger partial charge in [-0.25, -0.2) is 9.97 Å². The van der Waals surface area contributed by atoms with E-state index in [4.69, 9.17) is 0 Å². The Hall–Kier alpha value is -3.66. The van der Waals surface area contributed by atoms with Gasteiger partial charge in [-0.15, -0.1) is 0 Å². The van der Waals surface area contributed by atoms with Crippen molar-refractivity contribution in [1.82, 2.24) is 19.9 Å². The molecule has 2 heterocycles. The number of hydrogen-bond acceptors (Lipinski definition) is 2. The van der Waals surface area contributed by atoms with E-state index in [9.17, 15) is 0 Å². The van der Waals surface area contributed by atoms with E-state index >= 15 is 0 Å². The molecule has 0 amide bonds. The van der Waals surface area contributed by atoms with Crippen molar-refractivity contribution in [3.05, 3.63) is 100 Å². The van der Waals surface area contributed by atoms with E-state index in [1.54, 1.807) is 0 Å². The molecule has 6 rings (SSSR count). The summed E-state index contributed by atoms with van der Waals surface area (Å²) in [6.07, 6.45) is 11.7. The number of nitrogens with one attached hydrogen (secondary N) is 2. The fourth-order valence-corrected chi connectivity index (χ4v) is 5.26. The smallest absolute Gasteiger partial charge is 0.104 e. The van der Waals surface area contributed by atoms with Gasteiger partial charge in [-0.05, 0) is 91.5 Å². The van der Waals surface area contributed by atoms with Crippen molar-refractivity contribution in [2.75, 3.05) is 0 Å². The zero-order valence-corrected chi connectivity index (χ0v) is 19.3. The topological polar surface area (TPSA) is 57.4 Å². The maximum absolute atomic E-state index is 4.55. The summed E-state index contributed by atoms with van der Waals surface area (Å²) in [4.78, 5) is 15.7. The monoisotopic (exact) mass is 432 g/mol. The maximum atomic E-state index is 4.55. The van der Waals surface area contributed by atoms with Gasteiger partial charge < -0.3 is 9.97 Å². The number of benzene rings is 2. The molecular weight excluding hydrogens is 404 g/mol. The zero-order valence-electron chi connectivity index (χ0n) is 19.3. The number of rotatable bonds is 2. The molecule has 2 N–H and O–H groups in total. The first-order valence-electron chi connectivity index (χ1n) is 11.7. The van der Waals surface area contributed by atoms with Crippen LogP contribution in [0.1, 0.15) is 46.9 Å². The molecule has 2 aromatic heterocycles. The normalized spacial score (nSPS) is 19.2. The van der Waals surface area contributed by atoms with E-state index < -0.39 is 0 Å². The first kappa shape index (κ1) is 20.0. The largest absolute Gasteiger partial charge is 0.342 e. The molecule has 0 radical (unpaired) electrons. The second kappa shape index (κ2) is 7.73. The summed E-state index contributed by atoms with van der Waals surface area (Å²) < 4.78 is 0. The molecule has 2 bridgehead atoms. The Kier molecular flexibility index (Phi) is 4.68. The Morgan fingerprint density at radius 3 is 2.45 bits per heavy atom. The van der Waals surface area contributed by atoms with Crippen molar-refractivity contribution in [1.29, 1.82) is 0 Å². The Bertz CT molecular complexity index is 1470. The van der Waals surface area contributed by atoms with Gasteiger partial charge in [-0.3, -0.25) is 0 Å². The number of hydrogen-bond donors (Lipinski definition) is 2. The summed E-state index contributed by atoms with van der Waals surface area (Å²) in [6, 6.07) is 11.4. The Balaban J connectivity index is 1.42. The van der Waals surface area contributed by atoms with Crippen LogP contribution in [0.15, 0.2) is 66.4 Å². The van der Waals surface area contributed by atoms with E-state index in [1.165, 1.54) is 39.0 Å². The summed E-state index contributed by atoms with van der Waals surface area (Å²) in [7, 11) is 0. The van der Waals surface area contributed by atoms with Crippen LogP contribution in [0.25, 0.3) is 27.7 Å². The van der Waals surface area contributed by atoms with Crippen LogP contribution >= 0.6 is 0 Å². The van der Waals surface area contributed by atoms with Gasteiger partial charge in [0.2, 0.25) is 0 Å². The van der Waals surface area contributed by atoms with E-state index in [2.05, 4.69) is 69.0 Å². The summed E-state index contributed by atoms with van der Waals surface area (Å²) in [6.45, 7) is 8.38. The zero-order chi connectivity index (χ0) is 22.5. The van der Waals surface area contributed by atoms with Crippen LogP contribution in [-0.2, 0) is 19.3 Å². The molecule has 0 spiro atoms. The number of aromatic amines is 2. The predicted octanol–water partition coefficient (Wildman–Crippen LogP) is 6.57. The van der Waals surface area contributed by atoms with Crippen molar-refractivity contribution in [3.8, 4) is 11.1 Å². The second-order valence-electron chi connectivity index (χ2n) is 9.45. The van der Waals surface area contributed by atoms with Crippen molar-refractivity contribution in [2.24, 2.45) is 0 Å². The minimum atomic E-state index is 0.944. The minimum Gasteiger partial charge on any atom is -0.342 e. The molecule has 33 heavy (non-hydrogen) atoms. The molecule has 0 aliphatic heterocycles. The maximum Gasteiger partial charge on any atom is 0.104 e. The molecule has 4 aromatic rings. The van der Waals surface area contributed by atoms with E-state index in [1.807, 2.05) is 20.0 Å². The van der Waals surface area contributed by atoms with Crippen molar-refractivity contribution in [2.45, 2.75) is 46.0 Å². The van der Waals surface area contributed by atoms with E-state index in [-0.39, 0.29) is 0 Å². The lowest BCUT2D eigenvalue weighted by atomic mass is 9.80. The fraction of sp³-hybridized carbons (Fsp3) is 0.241. The minimum absolute atomic E-state index is 0.944. The van der Waals surface area contributed by atoms with Crippen LogP contribution in [0.2, 0.25) is 0 Å². The summed E-state index contributed by atoms with van der Waals surface area (Å²) in [5.74, 6) is 1.90. The third-order valence-electron chi connectivity index (χ3n) is 6.94. The Labute approximate surface area is 194 Å². The van der Waals surface area contributed by atoms with Gasteiger partial charge >= 0.3 is 0 Å². The SMILES string of the molecule is C=C1/C=C(c2cnc(C)[nH]2)\C=C2\CCc3cc(-c4ccc5nc(C)[nH]c5c4)cc(c3C2)CC1. The van der Waals surface area contributed by atoms with Gasteiger partial charge in [0.05, 0.1) is 22.9 Å². The number of aryl methyl sites for hydroxylation is 4. The third kappa shape index (κ3) is 3.76. The molecule has 2 aliphatic rings. The molecule has 0 saturated carbocycles. The van der Waals surface area contributed by atoms with Gasteiger partial charge in [-0.1, -0.05) is 48.1 Å². The van der Waals surface area contributed by atoms with Gasteiger partial charge in [0, 0.05) is 0 Å². The quantitative estimate of drug-likeness (QED) is 0.376. The highest BCUT2D eigenvalue weighted by molar-refractivity contribution is 5.82. The van der Waals surface area contributed by atoms with Crippen molar-refractivity contribution < 1.29 is 0 Å². The highest BCUT2D eigenvalue weighted by Gasteiger charge is 2.20. The van der Waals surface area contributed by atoms with Crippen LogP contribution in [0.5, 0.6) is 0 Å². The number of fused-ring (bicyclic) bond motifs is 2. The average Bonchev–Trinajstić information content (AvgIpc) is 3.40. The lowest BCUT2D eigenvalue weighted by Crippen LogP contribution is -2.11. The molecule has 0 saturated heterocycles. The number of nitrogens with zero attached hydrogens (tertiary/aromatic N) is 2. The number of H-pyrrole nitrogens is 2. The Morgan fingerprint density at radius 2 is 1.67 bits per heavy atom. The van der Waals surface area contributed by atoms with Crippen molar-refractivity contribution >= 4 is 16.6 Å². The lowest BCUT2D eigenvalue weighted by molar-refractivity contribution is 0.814. The van der Waals surface area contributed by atoms with Crippen LogP contribution in [-0.4, -0.2) is 19.9 Å². The number of aromatic nitrogens is 4. The summed E-state index contributed by atoms with van der Waals surface area (Å²) in [5.41, 5.74) is 14.1. The molecule has 4 heteroatoms. The molecule has 0 fully saturated rings. The van der Waals surface area contributed by atoms with E-state index in [0.717, 1.165) is 66.1 Å². The Morgan fingerprint density at radius 1 is 0.848 bits per heavy atom. The molecule has 0 atom stereocenters. The molecule has 0 unspecified atom stereocenters. The van der Waals surface area contributed by atoms with Crippen LogP contribution < -0.4 is 0 Å². The van der Waals surface area contributed by atoms with Gasteiger partial charge in [0.1, 0.15) is 11.6 Å². The lowest BCUT2D eigenvalue weighted by Gasteiger charge is -2.25. The molecular formula is C29H28N4. The fourth-order valence-electron chi connectivity index (χ4n) is 5.26. The first-order valence-corrected chi connectivity index (χ1v) is 11.7. The summed E-state index contributed by atoms with van der Waals surface area (Å²) >= 11 is 0. The highest BCUT2D eigenvalue weighted by Crippen LogP contribution is 2.36. The summed E-state index contributed by atoms with van der Waals surface area (Å²) in [5, 5.41) is 0. The predicted molar refractivity (Wildman–Crippen MR) is 135 cm³/mol. The second-order valence-corrected chi connectivity index (χ2v) is 9.45. The van der Waals surface area contributed by atoms with Crippen LogP contribution in [0, 0.1) is 13.8 Å². The molecule has 164 valence electrons. The van der Waals surface area contributed by atoms with Gasteiger partial charge in [-0.2, -0.15) is 0 Å². The standard InChI is InChI=1S/C29H28N4/c1-17-4-6-22-13-24(21-8-9-27-28(15-21)33-19(3)32-27)14-23-7-5-20(12-26(22)23)11-25(10-17)29-16-30-18(2)31-29/h8-11,13-16H,1,4-7,12H2,2-3H3,(H,30,31)(H,32,33)/b20-11-,25-10+.